The third kappa shape index (κ3) is 4.63. The average Bonchev–Trinajstić information content (AvgIpc) is 2.47. The lowest BCUT2D eigenvalue weighted by Crippen LogP contribution is -2.44. The zero-order valence-corrected chi connectivity index (χ0v) is 11.6. The fourth-order valence-electron chi connectivity index (χ4n) is 2.55. The van der Waals surface area contributed by atoms with Crippen molar-refractivity contribution in [3.05, 3.63) is 30.1 Å². The number of nitrogens with one attached hydrogen (secondary N) is 2. The van der Waals surface area contributed by atoms with Crippen molar-refractivity contribution in [1.82, 2.24) is 15.6 Å². The van der Waals surface area contributed by atoms with E-state index in [1.165, 1.54) is 12.8 Å². The van der Waals surface area contributed by atoms with E-state index in [1.54, 1.807) is 6.20 Å². The molecule has 2 heterocycles. The van der Waals surface area contributed by atoms with Crippen molar-refractivity contribution in [1.29, 1.82) is 0 Å². The molecule has 1 aromatic rings. The molecule has 1 aliphatic rings. The van der Waals surface area contributed by atoms with Crippen LogP contribution >= 0.6 is 0 Å². The first-order valence-electron chi connectivity index (χ1n) is 7.14. The summed E-state index contributed by atoms with van der Waals surface area (Å²) in [5.41, 5.74) is 1.12. The van der Waals surface area contributed by atoms with Gasteiger partial charge in [-0.2, -0.15) is 0 Å². The molecule has 0 saturated carbocycles. The summed E-state index contributed by atoms with van der Waals surface area (Å²) in [6.45, 7) is 4.24. The molecule has 19 heavy (non-hydrogen) atoms. The molecule has 4 heteroatoms. The Hall–Kier alpha value is -1.42. The summed E-state index contributed by atoms with van der Waals surface area (Å²) < 4.78 is 0. The SMILES string of the molecule is CC(NC(=O)CCc1cccnc1)C1CCCNC1. The molecule has 1 fully saturated rings. The Morgan fingerprint density at radius 2 is 2.53 bits per heavy atom. The molecule has 1 aliphatic heterocycles. The van der Waals surface area contributed by atoms with Crippen LogP contribution in [0.15, 0.2) is 24.5 Å². The summed E-state index contributed by atoms with van der Waals surface area (Å²) in [6.07, 6.45) is 7.28. The molecule has 1 aromatic heterocycles. The summed E-state index contributed by atoms with van der Waals surface area (Å²) in [6, 6.07) is 4.17. The van der Waals surface area contributed by atoms with E-state index in [-0.39, 0.29) is 11.9 Å². The van der Waals surface area contributed by atoms with Crippen LogP contribution < -0.4 is 10.6 Å². The van der Waals surface area contributed by atoms with Gasteiger partial charge in [0.25, 0.3) is 0 Å². The van der Waals surface area contributed by atoms with Crippen LogP contribution in [0.4, 0.5) is 0 Å². The quantitative estimate of drug-likeness (QED) is 0.845. The molecule has 0 radical (unpaired) electrons. The number of carbonyl (C=O) groups is 1. The van der Waals surface area contributed by atoms with E-state index in [4.69, 9.17) is 0 Å². The first kappa shape index (κ1) is 14.0. The number of hydrogen-bond donors (Lipinski definition) is 2. The first-order valence-corrected chi connectivity index (χ1v) is 7.14. The van der Waals surface area contributed by atoms with Gasteiger partial charge in [0, 0.05) is 24.9 Å². The van der Waals surface area contributed by atoms with E-state index < -0.39 is 0 Å². The third-order valence-electron chi connectivity index (χ3n) is 3.79. The number of hydrogen-bond acceptors (Lipinski definition) is 3. The van der Waals surface area contributed by atoms with Gasteiger partial charge in [0.1, 0.15) is 0 Å². The van der Waals surface area contributed by atoms with Crippen molar-refractivity contribution in [2.24, 2.45) is 5.92 Å². The zero-order valence-electron chi connectivity index (χ0n) is 11.6. The van der Waals surface area contributed by atoms with Gasteiger partial charge in [0.15, 0.2) is 0 Å². The Kier molecular flexibility index (Phi) is 5.33. The second kappa shape index (κ2) is 7.24. The Balaban J connectivity index is 1.71. The molecule has 2 N–H and O–H groups in total. The molecular formula is C15H23N3O. The van der Waals surface area contributed by atoms with E-state index in [0.717, 1.165) is 25.1 Å². The largest absolute Gasteiger partial charge is 0.353 e. The van der Waals surface area contributed by atoms with Crippen LogP contribution in [0.2, 0.25) is 0 Å². The minimum Gasteiger partial charge on any atom is -0.353 e. The van der Waals surface area contributed by atoms with Crippen LogP contribution in [-0.2, 0) is 11.2 Å². The van der Waals surface area contributed by atoms with Gasteiger partial charge >= 0.3 is 0 Å². The highest BCUT2D eigenvalue weighted by Gasteiger charge is 2.20. The van der Waals surface area contributed by atoms with E-state index in [2.05, 4.69) is 22.5 Å². The van der Waals surface area contributed by atoms with E-state index in [9.17, 15) is 4.79 Å². The summed E-state index contributed by atoms with van der Waals surface area (Å²) >= 11 is 0. The van der Waals surface area contributed by atoms with Gasteiger partial charge in [-0.3, -0.25) is 9.78 Å². The van der Waals surface area contributed by atoms with Crippen LogP contribution in [0.1, 0.15) is 31.7 Å². The van der Waals surface area contributed by atoms with Gasteiger partial charge in [0.2, 0.25) is 5.91 Å². The van der Waals surface area contributed by atoms with Gasteiger partial charge in [-0.05, 0) is 56.8 Å². The topological polar surface area (TPSA) is 54.0 Å². The molecule has 0 bridgehead atoms. The Morgan fingerprint density at radius 1 is 1.63 bits per heavy atom. The van der Waals surface area contributed by atoms with Crippen molar-refractivity contribution >= 4 is 5.91 Å². The van der Waals surface area contributed by atoms with Gasteiger partial charge in [-0.25, -0.2) is 0 Å². The fraction of sp³-hybridized carbons (Fsp3) is 0.600. The minimum absolute atomic E-state index is 0.141. The third-order valence-corrected chi connectivity index (χ3v) is 3.79. The first-order chi connectivity index (χ1) is 9.25. The number of nitrogens with zero attached hydrogens (tertiary/aromatic N) is 1. The average molecular weight is 261 g/mol. The summed E-state index contributed by atoms with van der Waals surface area (Å²) in [7, 11) is 0. The maximum Gasteiger partial charge on any atom is 0.220 e. The molecule has 0 aliphatic carbocycles. The molecule has 2 rings (SSSR count). The highest BCUT2D eigenvalue weighted by atomic mass is 16.1. The van der Waals surface area contributed by atoms with Crippen LogP contribution in [0.5, 0.6) is 0 Å². The zero-order chi connectivity index (χ0) is 13.5. The minimum atomic E-state index is 0.141. The van der Waals surface area contributed by atoms with Gasteiger partial charge in [-0.15, -0.1) is 0 Å². The monoisotopic (exact) mass is 261 g/mol. The van der Waals surface area contributed by atoms with Crippen molar-refractivity contribution in [3.8, 4) is 0 Å². The number of amides is 1. The van der Waals surface area contributed by atoms with Crippen LogP contribution in [0.3, 0.4) is 0 Å². The normalized spacial score (nSPS) is 20.8. The standard InChI is InChI=1S/C15H23N3O/c1-12(14-5-3-9-17-11-14)18-15(19)7-6-13-4-2-8-16-10-13/h2,4,8,10,12,14,17H,3,5-7,9,11H2,1H3,(H,18,19). The Morgan fingerprint density at radius 3 is 3.21 bits per heavy atom. The predicted octanol–water partition coefficient (Wildman–Crippen LogP) is 1.52. The van der Waals surface area contributed by atoms with Crippen molar-refractivity contribution in [3.63, 3.8) is 0 Å². The molecule has 1 saturated heterocycles. The second-order valence-corrected chi connectivity index (χ2v) is 5.32. The Labute approximate surface area is 115 Å². The lowest BCUT2D eigenvalue weighted by molar-refractivity contribution is -0.122. The number of carbonyl (C=O) groups excluding carboxylic acids is 1. The van der Waals surface area contributed by atoms with Gasteiger partial charge in [0.05, 0.1) is 0 Å². The number of aryl methyl sites for hydroxylation is 1. The molecule has 2 unspecified atom stereocenters. The van der Waals surface area contributed by atoms with Crippen LogP contribution in [0.25, 0.3) is 0 Å². The summed E-state index contributed by atoms with van der Waals surface area (Å²) in [5.74, 6) is 0.706. The lowest BCUT2D eigenvalue weighted by Gasteiger charge is -2.28. The van der Waals surface area contributed by atoms with Crippen LogP contribution in [0, 0.1) is 5.92 Å². The summed E-state index contributed by atoms with van der Waals surface area (Å²) in [5, 5.41) is 6.51. The Bertz CT molecular complexity index is 388. The second-order valence-electron chi connectivity index (χ2n) is 5.32. The van der Waals surface area contributed by atoms with Gasteiger partial charge in [-0.1, -0.05) is 6.07 Å². The van der Waals surface area contributed by atoms with Crippen LogP contribution in [-0.4, -0.2) is 30.0 Å². The van der Waals surface area contributed by atoms with E-state index >= 15 is 0 Å². The van der Waals surface area contributed by atoms with Crippen molar-refractivity contribution in [2.45, 2.75) is 38.6 Å². The molecule has 0 aromatic carbocycles. The molecule has 1 amide bonds. The molecule has 104 valence electrons. The maximum atomic E-state index is 11.9. The van der Waals surface area contributed by atoms with Crippen molar-refractivity contribution < 1.29 is 4.79 Å². The number of pyridine rings is 1. The van der Waals surface area contributed by atoms with E-state index in [0.29, 0.717) is 12.3 Å². The highest BCUT2D eigenvalue weighted by Crippen LogP contribution is 2.14. The fourth-order valence-corrected chi connectivity index (χ4v) is 2.55. The molecule has 4 nitrogen and oxygen atoms in total. The molecule has 0 spiro atoms. The van der Waals surface area contributed by atoms with E-state index in [1.807, 2.05) is 18.3 Å². The lowest BCUT2D eigenvalue weighted by atomic mass is 9.92. The predicted molar refractivity (Wildman–Crippen MR) is 75.8 cm³/mol. The number of aromatic nitrogens is 1. The van der Waals surface area contributed by atoms with Crippen molar-refractivity contribution in [2.75, 3.05) is 13.1 Å². The summed E-state index contributed by atoms with van der Waals surface area (Å²) in [4.78, 5) is 16.0. The highest BCUT2D eigenvalue weighted by molar-refractivity contribution is 5.76. The molecular weight excluding hydrogens is 238 g/mol. The van der Waals surface area contributed by atoms with Gasteiger partial charge < -0.3 is 10.6 Å². The molecule has 2 atom stereocenters. The maximum absolute atomic E-state index is 11.9. The smallest absolute Gasteiger partial charge is 0.220 e. The number of rotatable bonds is 5. The number of piperidine rings is 1.